The highest BCUT2D eigenvalue weighted by atomic mass is 16.5. The molecule has 0 amide bonds. The number of hydrogen-bond donors (Lipinski definition) is 1. The molecule has 2 heteroatoms. The lowest BCUT2D eigenvalue weighted by molar-refractivity contribution is 0.173. The van der Waals surface area contributed by atoms with Crippen molar-refractivity contribution in [3.8, 4) is 5.75 Å². The Balaban J connectivity index is 1.93. The van der Waals surface area contributed by atoms with E-state index in [1.54, 1.807) is 0 Å². The molecule has 0 saturated heterocycles. The predicted molar refractivity (Wildman–Crippen MR) is 86.6 cm³/mol. The van der Waals surface area contributed by atoms with Crippen LogP contribution < -0.4 is 4.74 Å². The normalized spacial score (nSPS) is 12.4. The van der Waals surface area contributed by atoms with Gasteiger partial charge in [0.15, 0.2) is 0 Å². The second kappa shape index (κ2) is 7.28. The first-order valence-electron chi connectivity index (χ1n) is 7.59. The van der Waals surface area contributed by atoms with E-state index in [-0.39, 0.29) is 6.10 Å². The summed E-state index contributed by atoms with van der Waals surface area (Å²) in [6, 6.07) is 16.2. The fourth-order valence-electron chi connectivity index (χ4n) is 2.19. The lowest BCUT2D eigenvalue weighted by Crippen LogP contribution is -1.98. The van der Waals surface area contributed by atoms with Gasteiger partial charge in [0, 0.05) is 0 Å². The minimum Gasteiger partial charge on any atom is -0.489 e. The Labute approximate surface area is 127 Å². The maximum atomic E-state index is 9.76. The molecule has 2 nitrogen and oxygen atoms in total. The molecule has 0 aliphatic heterocycles. The standard InChI is InChI=1S/C19H24O2/c1-4-19(20)17-9-11-18(12-10-17)21-13-15-5-7-16(8-6-15)14(2)3/h5-12,14,19-20H,4,13H2,1-3H3/t19-/m1/s1. The van der Waals surface area contributed by atoms with Crippen LogP contribution >= 0.6 is 0 Å². The maximum absolute atomic E-state index is 9.76. The summed E-state index contributed by atoms with van der Waals surface area (Å²) < 4.78 is 5.78. The van der Waals surface area contributed by atoms with E-state index >= 15 is 0 Å². The molecule has 2 aromatic carbocycles. The molecule has 0 bridgehead atoms. The van der Waals surface area contributed by atoms with Crippen molar-refractivity contribution in [1.29, 1.82) is 0 Å². The van der Waals surface area contributed by atoms with E-state index < -0.39 is 0 Å². The van der Waals surface area contributed by atoms with E-state index in [0.29, 0.717) is 12.5 Å². The summed E-state index contributed by atoms with van der Waals surface area (Å²) in [6.07, 6.45) is 0.338. The number of aliphatic hydroxyl groups is 1. The largest absolute Gasteiger partial charge is 0.489 e. The van der Waals surface area contributed by atoms with Crippen LogP contribution in [0.15, 0.2) is 48.5 Å². The van der Waals surface area contributed by atoms with Crippen LogP contribution in [0, 0.1) is 0 Å². The number of hydrogen-bond acceptors (Lipinski definition) is 2. The average Bonchev–Trinajstić information content (AvgIpc) is 2.53. The molecule has 2 aromatic rings. The quantitative estimate of drug-likeness (QED) is 0.823. The second-order valence-electron chi connectivity index (χ2n) is 5.68. The zero-order chi connectivity index (χ0) is 15.2. The fourth-order valence-corrected chi connectivity index (χ4v) is 2.19. The van der Waals surface area contributed by atoms with Crippen molar-refractivity contribution in [1.82, 2.24) is 0 Å². The molecule has 0 radical (unpaired) electrons. The zero-order valence-corrected chi connectivity index (χ0v) is 13.0. The van der Waals surface area contributed by atoms with Crippen LogP contribution in [-0.4, -0.2) is 5.11 Å². The highest BCUT2D eigenvalue weighted by molar-refractivity contribution is 5.29. The topological polar surface area (TPSA) is 29.5 Å². The van der Waals surface area contributed by atoms with Crippen molar-refractivity contribution in [2.24, 2.45) is 0 Å². The molecule has 112 valence electrons. The highest BCUT2D eigenvalue weighted by Crippen LogP contribution is 2.21. The Kier molecular flexibility index (Phi) is 5.40. The summed E-state index contributed by atoms with van der Waals surface area (Å²) in [5.41, 5.74) is 3.44. The highest BCUT2D eigenvalue weighted by Gasteiger charge is 2.04. The minimum atomic E-state index is -0.386. The summed E-state index contributed by atoms with van der Waals surface area (Å²) in [6.45, 7) is 6.92. The number of rotatable bonds is 6. The van der Waals surface area contributed by atoms with Crippen LogP contribution in [0.1, 0.15) is 55.9 Å². The third-order valence-electron chi connectivity index (χ3n) is 3.70. The summed E-state index contributed by atoms with van der Waals surface area (Å²) in [7, 11) is 0. The lowest BCUT2D eigenvalue weighted by atomic mass is 10.0. The van der Waals surface area contributed by atoms with Gasteiger partial charge in [-0.15, -0.1) is 0 Å². The van der Waals surface area contributed by atoms with E-state index in [9.17, 15) is 5.11 Å². The molecule has 1 atom stereocenters. The molecule has 0 aliphatic rings. The van der Waals surface area contributed by atoms with Crippen molar-refractivity contribution in [3.05, 3.63) is 65.2 Å². The van der Waals surface area contributed by atoms with Gasteiger partial charge in [-0.1, -0.05) is 57.2 Å². The van der Waals surface area contributed by atoms with Gasteiger partial charge in [0.25, 0.3) is 0 Å². The third kappa shape index (κ3) is 4.33. The molecule has 0 aromatic heterocycles. The van der Waals surface area contributed by atoms with Crippen LogP contribution in [0.3, 0.4) is 0 Å². The predicted octanol–water partition coefficient (Wildman–Crippen LogP) is 4.83. The van der Waals surface area contributed by atoms with Gasteiger partial charge in [-0.05, 0) is 41.2 Å². The summed E-state index contributed by atoms with van der Waals surface area (Å²) in [4.78, 5) is 0. The maximum Gasteiger partial charge on any atom is 0.119 e. The molecular formula is C19H24O2. The van der Waals surface area contributed by atoms with Gasteiger partial charge < -0.3 is 9.84 Å². The van der Waals surface area contributed by atoms with Gasteiger partial charge >= 0.3 is 0 Å². The Morgan fingerprint density at radius 3 is 2.00 bits per heavy atom. The lowest BCUT2D eigenvalue weighted by Gasteiger charge is -2.11. The zero-order valence-electron chi connectivity index (χ0n) is 13.0. The van der Waals surface area contributed by atoms with Crippen LogP contribution in [0.5, 0.6) is 5.75 Å². The SMILES string of the molecule is CC[C@@H](O)c1ccc(OCc2ccc(C(C)C)cc2)cc1. The molecule has 2 rings (SSSR count). The van der Waals surface area contributed by atoms with Crippen molar-refractivity contribution in [2.45, 2.75) is 45.8 Å². The first-order chi connectivity index (χ1) is 10.1. The summed E-state index contributed by atoms with van der Waals surface area (Å²) in [5, 5.41) is 9.76. The second-order valence-corrected chi connectivity index (χ2v) is 5.68. The first kappa shape index (κ1) is 15.6. The van der Waals surface area contributed by atoms with Crippen molar-refractivity contribution < 1.29 is 9.84 Å². The van der Waals surface area contributed by atoms with Crippen molar-refractivity contribution in [2.75, 3.05) is 0 Å². The Morgan fingerprint density at radius 2 is 1.48 bits per heavy atom. The van der Waals surface area contributed by atoms with E-state index in [1.807, 2.05) is 31.2 Å². The van der Waals surface area contributed by atoms with Gasteiger partial charge in [-0.3, -0.25) is 0 Å². The summed E-state index contributed by atoms with van der Waals surface area (Å²) >= 11 is 0. The monoisotopic (exact) mass is 284 g/mol. The molecule has 21 heavy (non-hydrogen) atoms. The van der Waals surface area contributed by atoms with E-state index in [1.165, 1.54) is 5.56 Å². The van der Waals surface area contributed by atoms with Gasteiger partial charge in [-0.2, -0.15) is 0 Å². The molecule has 0 saturated carbocycles. The third-order valence-corrected chi connectivity index (χ3v) is 3.70. The van der Waals surface area contributed by atoms with Crippen LogP contribution in [0.4, 0.5) is 0 Å². The smallest absolute Gasteiger partial charge is 0.119 e. The van der Waals surface area contributed by atoms with Crippen LogP contribution in [0.2, 0.25) is 0 Å². The first-order valence-corrected chi connectivity index (χ1v) is 7.59. The number of benzene rings is 2. The fraction of sp³-hybridized carbons (Fsp3) is 0.368. The van der Waals surface area contributed by atoms with Gasteiger partial charge in [0.05, 0.1) is 6.10 Å². The summed E-state index contributed by atoms with van der Waals surface area (Å²) in [5.74, 6) is 1.38. The van der Waals surface area contributed by atoms with Gasteiger partial charge in [0.1, 0.15) is 12.4 Å². The molecule has 0 fully saturated rings. The number of aliphatic hydroxyl groups excluding tert-OH is 1. The van der Waals surface area contributed by atoms with E-state index in [4.69, 9.17) is 4.74 Å². The Hall–Kier alpha value is -1.80. The molecule has 0 heterocycles. The van der Waals surface area contributed by atoms with E-state index in [0.717, 1.165) is 23.3 Å². The van der Waals surface area contributed by atoms with Crippen molar-refractivity contribution in [3.63, 3.8) is 0 Å². The Bertz CT molecular complexity index is 541. The average molecular weight is 284 g/mol. The minimum absolute atomic E-state index is 0.386. The van der Waals surface area contributed by atoms with Gasteiger partial charge in [0.2, 0.25) is 0 Å². The van der Waals surface area contributed by atoms with Crippen LogP contribution in [0.25, 0.3) is 0 Å². The number of ether oxygens (including phenoxy) is 1. The molecule has 0 unspecified atom stereocenters. The molecule has 0 spiro atoms. The molecule has 1 N–H and O–H groups in total. The van der Waals surface area contributed by atoms with E-state index in [2.05, 4.69) is 38.1 Å². The molecule has 0 aliphatic carbocycles. The van der Waals surface area contributed by atoms with Gasteiger partial charge in [-0.25, -0.2) is 0 Å². The van der Waals surface area contributed by atoms with Crippen LogP contribution in [-0.2, 0) is 6.61 Å². The Morgan fingerprint density at radius 1 is 0.905 bits per heavy atom. The molecular weight excluding hydrogens is 260 g/mol. The van der Waals surface area contributed by atoms with Crippen molar-refractivity contribution >= 4 is 0 Å².